The van der Waals surface area contributed by atoms with E-state index in [1.54, 1.807) is 0 Å². The monoisotopic (exact) mass is 291 g/mol. The lowest BCUT2D eigenvalue weighted by atomic mass is 9.87. The molecule has 1 N–H and O–H groups in total. The number of carbonyl (C=O) groups excluding carboxylic acids is 1. The maximum Gasteiger partial charge on any atom is 0.254 e. The molecule has 1 aliphatic rings. The molecule has 0 saturated heterocycles. The molecular weight excluding hydrogens is 266 g/mol. The summed E-state index contributed by atoms with van der Waals surface area (Å²) in [5.74, 6) is 0.870. The molecule has 5 heteroatoms. The normalized spacial score (nSPS) is 22.3. The molecule has 21 heavy (non-hydrogen) atoms. The number of carbonyl (C=O) groups is 1. The number of aromatic nitrogens is 2. The van der Waals surface area contributed by atoms with Crippen LogP contribution in [0.25, 0.3) is 0 Å². The molecule has 0 aromatic carbocycles. The zero-order valence-electron chi connectivity index (χ0n) is 13.1. The van der Waals surface area contributed by atoms with Gasteiger partial charge in [0.2, 0.25) is 5.91 Å². The van der Waals surface area contributed by atoms with Gasteiger partial charge in [-0.3, -0.25) is 14.2 Å². The van der Waals surface area contributed by atoms with Crippen molar-refractivity contribution in [3.05, 3.63) is 28.4 Å². The molecular formula is C16H25N3O2. The lowest BCUT2D eigenvalue weighted by molar-refractivity contribution is -0.122. The molecule has 1 heterocycles. The summed E-state index contributed by atoms with van der Waals surface area (Å²) in [5.41, 5.74) is 0.596. The summed E-state index contributed by atoms with van der Waals surface area (Å²) in [6, 6.07) is 1.77. The van der Waals surface area contributed by atoms with Crippen molar-refractivity contribution in [2.24, 2.45) is 5.92 Å². The van der Waals surface area contributed by atoms with E-state index in [1.165, 1.54) is 17.0 Å². The van der Waals surface area contributed by atoms with E-state index in [2.05, 4.69) is 17.2 Å². The lowest BCUT2D eigenvalue weighted by Gasteiger charge is -2.26. The molecule has 1 aromatic heterocycles. The van der Waals surface area contributed by atoms with Crippen molar-refractivity contribution < 1.29 is 4.79 Å². The Morgan fingerprint density at radius 1 is 1.38 bits per heavy atom. The van der Waals surface area contributed by atoms with Crippen molar-refractivity contribution in [3.8, 4) is 0 Å². The van der Waals surface area contributed by atoms with Gasteiger partial charge in [0.15, 0.2) is 0 Å². The van der Waals surface area contributed by atoms with Crippen LogP contribution in [0.15, 0.2) is 17.2 Å². The number of nitrogens with one attached hydrogen (secondary N) is 1. The predicted octanol–water partition coefficient (Wildman–Crippen LogP) is 2.06. The first-order chi connectivity index (χ1) is 9.95. The maximum absolute atomic E-state index is 12.0. The average Bonchev–Trinajstić information content (AvgIpc) is 2.43. The topological polar surface area (TPSA) is 64.0 Å². The highest BCUT2D eigenvalue weighted by molar-refractivity contribution is 5.76. The number of hydrogen-bond acceptors (Lipinski definition) is 3. The summed E-state index contributed by atoms with van der Waals surface area (Å²) < 4.78 is 1.37. The molecule has 0 aliphatic heterocycles. The van der Waals surface area contributed by atoms with E-state index < -0.39 is 0 Å². The zero-order chi connectivity index (χ0) is 15.4. The molecule has 1 saturated carbocycles. The van der Waals surface area contributed by atoms with Crippen LogP contribution in [0.2, 0.25) is 0 Å². The van der Waals surface area contributed by atoms with E-state index in [0.717, 1.165) is 37.3 Å². The molecule has 0 spiro atoms. The van der Waals surface area contributed by atoms with Crippen molar-refractivity contribution in [3.63, 3.8) is 0 Å². The summed E-state index contributed by atoms with van der Waals surface area (Å²) in [5, 5.41) is 3.03. The second-order valence-electron chi connectivity index (χ2n) is 6.46. The standard InChI is InChI=1S/C16H25N3O2/c1-11(2)14-8-16(21)19(10-17-14)9-15(20)18-13-6-4-12(3)5-7-13/h8,10-13H,4-7,9H2,1-3H3,(H,18,20). The van der Waals surface area contributed by atoms with Crippen LogP contribution in [0.1, 0.15) is 58.1 Å². The fourth-order valence-corrected chi connectivity index (χ4v) is 2.71. The predicted molar refractivity (Wildman–Crippen MR) is 82.1 cm³/mol. The average molecular weight is 291 g/mol. The first-order valence-corrected chi connectivity index (χ1v) is 7.81. The minimum atomic E-state index is -0.166. The highest BCUT2D eigenvalue weighted by Gasteiger charge is 2.19. The summed E-state index contributed by atoms with van der Waals surface area (Å²) in [6.07, 6.45) is 5.87. The Kier molecular flexibility index (Phi) is 5.15. The van der Waals surface area contributed by atoms with E-state index in [1.807, 2.05) is 13.8 Å². The van der Waals surface area contributed by atoms with Crippen molar-refractivity contribution in [2.75, 3.05) is 0 Å². The van der Waals surface area contributed by atoms with Gasteiger partial charge in [-0.2, -0.15) is 0 Å². The third-order valence-corrected chi connectivity index (χ3v) is 4.19. The number of rotatable bonds is 4. The van der Waals surface area contributed by atoms with Gasteiger partial charge in [-0.15, -0.1) is 0 Å². The minimum Gasteiger partial charge on any atom is -0.352 e. The van der Waals surface area contributed by atoms with Crippen molar-refractivity contribution >= 4 is 5.91 Å². The Labute approximate surface area is 125 Å². The Morgan fingerprint density at radius 2 is 2.05 bits per heavy atom. The Hall–Kier alpha value is -1.65. The Bertz CT molecular complexity index is 543. The second-order valence-corrected chi connectivity index (χ2v) is 6.46. The van der Waals surface area contributed by atoms with Crippen molar-refractivity contribution in [1.82, 2.24) is 14.9 Å². The second kappa shape index (κ2) is 6.87. The van der Waals surface area contributed by atoms with Crippen molar-refractivity contribution in [1.29, 1.82) is 0 Å². The van der Waals surface area contributed by atoms with Crippen LogP contribution < -0.4 is 10.9 Å². The molecule has 1 aromatic rings. The van der Waals surface area contributed by atoms with Crippen LogP contribution in [-0.2, 0) is 11.3 Å². The third kappa shape index (κ3) is 4.41. The summed E-state index contributed by atoms with van der Waals surface area (Å²) in [7, 11) is 0. The SMILES string of the molecule is CC1CCC(NC(=O)Cn2cnc(C(C)C)cc2=O)CC1. The van der Waals surface area contributed by atoms with Gasteiger partial charge in [-0.05, 0) is 37.5 Å². The molecule has 0 unspecified atom stereocenters. The van der Waals surface area contributed by atoms with Crippen LogP contribution in [0.5, 0.6) is 0 Å². The van der Waals surface area contributed by atoms with Crippen LogP contribution in [0.4, 0.5) is 0 Å². The quantitative estimate of drug-likeness (QED) is 0.923. The molecule has 2 rings (SSSR count). The molecule has 0 bridgehead atoms. The molecule has 0 atom stereocenters. The van der Waals surface area contributed by atoms with Crippen LogP contribution in [-0.4, -0.2) is 21.5 Å². The van der Waals surface area contributed by atoms with Crippen molar-refractivity contribution in [2.45, 2.75) is 65.0 Å². The van der Waals surface area contributed by atoms with Gasteiger partial charge in [0.1, 0.15) is 6.54 Å². The fraction of sp³-hybridized carbons (Fsp3) is 0.688. The van der Waals surface area contributed by atoms with Crippen LogP contribution in [0.3, 0.4) is 0 Å². The summed E-state index contributed by atoms with van der Waals surface area (Å²) in [6.45, 7) is 6.28. The van der Waals surface area contributed by atoms with Gasteiger partial charge in [-0.25, -0.2) is 4.98 Å². The zero-order valence-corrected chi connectivity index (χ0v) is 13.1. The number of amides is 1. The number of hydrogen-bond donors (Lipinski definition) is 1. The highest BCUT2D eigenvalue weighted by atomic mass is 16.2. The first kappa shape index (κ1) is 15.7. The van der Waals surface area contributed by atoms with E-state index in [0.29, 0.717) is 0 Å². The summed E-state index contributed by atoms with van der Waals surface area (Å²) >= 11 is 0. The maximum atomic E-state index is 12.0. The molecule has 116 valence electrons. The van der Waals surface area contributed by atoms with Gasteiger partial charge >= 0.3 is 0 Å². The lowest BCUT2D eigenvalue weighted by Crippen LogP contribution is -2.40. The molecule has 0 radical (unpaired) electrons. The van der Waals surface area contributed by atoms with E-state index in [-0.39, 0.29) is 30.0 Å². The smallest absolute Gasteiger partial charge is 0.254 e. The highest BCUT2D eigenvalue weighted by Crippen LogP contribution is 2.23. The molecule has 1 fully saturated rings. The van der Waals surface area contributed by atoms with E-state index in [4.69, 9.17) is 0 Å². The largest absolute Gasteiger partial charge is 0.352 e. The Balaban J connectivity index is 1.92. The van der Waals surface area contributed by atoms with Gasteiger partial charge in [-0.1, -0.05) is 20.8 Å². The summed E-state index contributed by atoms with van der Waals surface area (Å²) in [4.78, 5) is 28.2. The Morgan fingerprint density at radius 3 is 2.62 bits per heavy atom. The molecule has 1 aliphatic carbocycles. The number of nitrogens with zero attached hydrogens (tertiary/aromatic N) is 2. The van der Waals surface area contributed by atoms with E-state index in [9.17, 15) is 9.59 Å². The minimum absolute atomic E-state index is 0.0518. The van der Waals surface area contributed by atoms with Gasteiger partial charge in [0.05, 0.1) is 12.0 Å². The van der Waals surface area contributed by atoms with Gasteiger partial charge < -0.3 is 5.32 Å². The third-order valence-electron chi connectivity index (χ3n) is 4.19. The first-order valence-electron chi connectivity index (χ1n) is 7.81. The fourth-order valence-electron chi connectivity index (χ4n) is 2.71. The molecule has 5 nitrogen and oxygen atoms in total. The van der Waals surface area contributed by atoms with Gasteiger partial charge in [0.25, 0.3) is 5.56 Å². The molecule has 1 amide bonds. The van der Waals surface area contributed by atoms with E-state index >= 15 is 0 Å². The van der Waals surface area contributed by atoms with Crippen LogP contribution >= 0.6 is 0 Å². The van der Waals surface area contributed by atoms with Crippen LogP contribution in [0, 0.1) is 5.92 Å². The van der Waals surface area contributed by atoms with Gasteiger partial charge in [0, 0.05) is 12.1 Å².